The molecule has 2 aliphatic heterocycles. The second-order valence-electron chi connectivity index (χ2n) is 6.05. The molecule has 0 bridgehead atoms. The van der Waals surface area contributed by atoms with E-state index < -0.39 is 72.1 Å². The lowest BCUT2D eigenvalue weighted by molar-refractivity contribution is -0.146. The van der Waals surface area contributed by atoms with Crippen LogP contribution in [0.4, 0.5) is 0 Å². The zero-order valence-electron chi connectivity index (χ0n) is 12.4. The van der Waals surface area contributed by atoms with Crippen molar-refractivity contribution in [3.8, 4) is 0 Å². The van der Waals surface area contributed by atoms with E-state index in [2.05, 4.69) is 0 Å². The number of amides is 4. The van der Waals surface area contributed by atoms with E-state index in [-0.39, 0.29) is 13.1 Å². The first kappa shape index (κ1) is 16.1. The van der Waals surface area contributed by atoms with Gasteiger partial charge in [-0.25, -0.2) is 0 Å². The molecule has 2 N–H and O–H groups in total. The Morgan fingerprint density at radius 1 is 0.667 bits per heavy atom. The zero-order valence-corrected chi connectivity index (χ0v) is 12.4. The Kier molecular flexibility index (Phi) is 3.61. The molecule has 10 heteroatoms. The number of rotatable bonds is 6. The van der Waals surface area contributed by atoms with Crippen LogP contribution in [0.15, 0.2) is 0 Å². The summed E-state index contributed by atoms with van der Waals surface area (Å²) in [7, 11) is 0. The summed E-state index contributed by atoms with van der Waals surface area (Å²) in [5, 5.41) is 17.3. The molecule has 10 nitrogen and oxygen atoms in total. The van der Waals surface area contributed by atoms with E-state index in [1.807, 2.05) is 0 Å². The van der Waals surface area contributed by atoms with Crippen molar-refractivity contribution in [1.82, 2.24) is 9.80 Å². The van der Waals surface area contributed by atoms with Crippen LogP contribution in [0.1, 0.15) is 12.8 Å². The van der Waals surface area contributed by atoms with E-state index in [4.69, 9.17) is 10.2 Å². The minimum atomic E-state index is -1.16. The minimum Gasteiger partial charge on any atom is -0.481 e. The highest BCUT2D eigenvalue weighted by atomic mass is 16.4. The summed E-state index contributed by atoms with van der Waals surface area (Å²) >= 11 is 0. The summed E-state index contributed by atoms with van der Waals surface area (Å²) in [6.45, 7) is -0.574. The average Bonchev–Trinajstić information content (AvgIpc) is 2.75. The number of carboxylic acids is 2. The first-order valence-electron chi connectivity index (χ1n) is 7.39. The van der Waals surface area contributed by atoms with Gasteiger partial charge < -0.3 is 10.2 Å². The van der Waals surface area contributed by atoms with Gasteiger partial charge in [-0.3, -0.25) is 38.6 Å². The molecule has 4 amide bonds. The van der Waals surface area contributed by atoms with Gasteiger partial charge in [0.05, 0.1) is 36.5 Å². The molecule has 128 valence electrons. The Morgan fingerprint density at radius 2 is 0.917 bits per heavy atom. The number of fused-ring (bicyclic) bond motifs is 4. The number of imide groups is 2. The maximum absolute atomic E-state index is 12.3. The van der Waals surface area contributed by atoms with Crippen LogP contribution in [0.25, 0.3) is 0 Å². The van der Waals surface area contributed by atoms with Crippen molar-refractivity contribution in [2.75, 3.05) is 13.1 Å². The predicted molar refractivity (Wildman–Crippen MR) is 71.9 cm³/mol. The van der Waals surface area contributed by atoms with Crippen molar-refractivity contribution in [2.45, 2.75) is 12.8 Å². The highest BCUT2D eigenvalue weighted by molar-refractivity contribution is 6.17. The zero-order chi connectivity index (χ0) is 17.8. The Balaban J connectivity index is 1.77. The Bertz CT molecular complexity index is 580. The maximum Gasteiger partial charge on any atom is 0.305 e. The van der Waals surface area contributed by atoms with Crippen molar-refractivity contribution in [3.05, 3.63) is 0 Å². The van der Waals surface area contributed by atoms with Crippen LogP contribution in [0, 0.1) is 23.7 Å². The van der Waals surface area contributed by atoms with Gasteiger partial charge in [-0.1, -0.05) is 0 Å². The fourth-order valence-electron chi connectivity index (χ4n) is 3.77. The molecule has 3 aliphatic rings. The lowest BCUT2D eigenvalue weighted by atomic mass is 9.59. The van der Waals surface area contributed by atoms with Crippen LogP contribution in [-0.4, -0.2) is 68.7 Å². The normalized spacial score (nSPS) is 31.2. The summed E-state index contributed by atoms with van der Waals surface area (Å²) in [6, 6.07) is 0. The smallest absolute Gasteiger partial charge is 0.305 e. The van der Waals surface area contributed by atoms with Crippen molar-refractivity contribution in [2.24, 2.45) is 23.7 Å². The van der Waals surface area contributed by atoms with Crippen LogP contribution in [0.3, 0.4) is 0 Å². The first-order valence-corrected chi connectivity index (χ1v) is 7.39. The monoisotopic (exact) mass is 338 g/mol. The van der Waals surface area contributed by atoms with Crippen LogP contribution >= 0.6 is 0 Å². The van der Waals surface area contributed by atoms with Gasteiger partial charge in [0.25, 0.3) is 0 Å². The molecule has 3 fully saturated rings. The van der Waals surface area contributed by atoms with Crippen molar-refractivity contribution in [3.63, 3.8) is 0 Å². The number of carboxylic acid groups (broad SMARTS) is 2. The second kappa shape index (κ2) is 5.39. The number of hydrogen-bond acceptors (Lipinski definition) is 6. The van der Waals surface area contributed by atoms with Gasteiger partial charge in [-0.15, -0.1) is 0 Å². The Hall–Kier alpha value is -2.78. The van der Waals surface area contributed by atoms with Gasteiger partial charge in [-0.05, 0) is 0 Å². The average molecular weight is 338 g/mol. The summed E-state index contributed by atoms with van der Waals surface area (Å²) in [4.78, 5) is 72.0. The molecule has 0 unspecified atom stereocenters. The number of likely N-dealkylation sites (tertiary alicyclic amines) is 2. The number of hydrogen-bond donors (Lipinski definition) is 2. The summed E-state index contributed by atoms with van der Waals surface area (Å²) in [5.74, 6) is -8.62. The van der Waals surface area contributed by atoms with Crippen molar-refractivity contribution < 1.29 is 39.0 Å². The Labute approximate surface area is 135 Å². The van der Waals surface area contributed by atoms with E-state index in [0.29, 0.717) is 0 Å². The summed E-state index contributed by atoms with van der Waals surface area (Å²) < 4.78 is 0. The highest BCUT2D eigenvalue weighted by Crippen LogP contribution is 2.56. The maximum atomic E-state index is 12.3. The van der Waals surface area contributed by atoms with Gasteiger partial charge in [0.15, 0.2) is 0 Å². The fraction of sp³-hybridized carbons (Fsp3) is 0.571. The molecule has 1 saturated carbocycles. The van der Waals surface area contributed by atoms with E-state index in [0.717, 1.165) is 9.80 Å². The fourth-order valence-corrected chi connectivity index (χ4v) is 3.77. The second-order valence-corrected chi connectivity index (χ2v) is 6.05. The van der Waals surface area contributed by atoms with Crippen LogP contribution in [-0.2, 0) is 28.8 Å². The molecule has 0 radical (unpaired) electrons. The molecule has 0 atom stereocenters. The number of carbonyl (C=O) groups excluding carboxylic acids is 4. The molecule has 1 aliphatic carbocycles. The van der Waals surface area contributed by atoms with E-state index >= 15 is 0 Å². The molecular formula is C14H14N2O8. The lowest BCUT2D eigenvalue weighted by Gasteiger charge is -2.36. The molecule has 0 aromatic heterocycles. The van der Waals surface area contributed by atoms with Crippen LogP contribution in [0.2, 0.25) is 0 Å². The van der Waals surface area contributed by atoms with Crippen molar-refractivity contribution in [1.29, 1.82) is 0 Å². The third-order valence-electron chi connectivity index (χ3n) is 4.85. The standard InChI is InChI=1S/C14H14N2O8/c17-5(18)1-3-15-11(21)7-8(12(15)22)10-9(7)13(23)16(14(10)24)4-2-6(19)20/h7-10H,1-4H2,(H,17,18)(H,19,20). The third-order valence-corrected chi connectivity index (χ3v) is 4.85. The largest absolute Gasteiger partial charge is 0.481 e. The topological polar surface area (TPSA) is 149 Å². The SMILES string of the molecule is O=C(O)CCN1C(=O)C2C(C1=O)C1C(=O)N(CCC(=O)O)C(=O)C21. The summed E-state index contributed by atoms with van der Waals surface area (Å²) in [5.41, 5.74) is 0. The van der Waals surface area contributed by atoms with E-state index in [1.54, 1.807) is 0 Å². The third kappa shape index (κ3) is 2.09. The molecule has 0 aromatic rings. The van der Waals surface area contributed by atoms with E-state index in [1.165, 1.54) is 0 Å². The Morgan fingerprint density at radius 3 is 1.12 bits per heavy atom. The molecule has 3 rings (SSSR count). The van der Waals surface area contributed by atoms with Gasteiger partial charge >= 0.3 is 11.9 Å². The van der Waals surface area contributed by atoms with Crippen molar-refractivity contribution >= 4 is 35.6 Å². The first-order chi connectivity index (χ1) is 11.3. The molecule has 2 saturated heterocycles. The molecule has 24 heavy (non-hydrogen) atoms. The molecule has 0 spiro atoms. The molecule has 0 aromatic carbocycles. The van der Waals surface area contributed by atoms with Gasteiger partial charge in [-0.2, -0.15) is 0 Å². The quantitative estimate of drug-likeness (QED) is 0.536. The van der Waals surface area contributed by atoms with Gasteiger partial charge in [0, 0.05) is 13.1 Å². The summed E-state index contributed by atoms with van der Waals surface area (Å²) in [6.07, 6.45) is -0.808. The molecular weight excluding hydrogens is 324 g/mol. The van der Waals surface area contributed by atoms with Crippen LogP contribution in [0.5, 0.6) is 0 Å². The van der Waals surface area contributed by atoms with Gasteiger partial charge in [0.2, 0.25) is 23.6 Å². The van der Waals surface area contributed by atoms with E-state index in [9.17, 15) is 28.8 Å². The number of carbonyl (C=O) groups is 6. The number of aliphatic carboxylic acids is 2. The number of nitrogens with zero attached hydrogens (tertiary/aromatic N) is 2. The highest BCUT2D eigenvalue weighted by Gasteiger charge is 2.73. The minimum absolute atomic E-state index is 0.287. The lowest BCUT2D eigenvalue weighted by Crippen LogP contribution is -2.50. The van der Waals surface area contributed by atoms with Crippen LogP contribution < -0.4 is 0 Å². The predicted octanol–water partition coefficient (Wildman–Crippen LogP) is -1.85. The van der Waals surface area contributed by atoms with Gasteiger partial charge in [0.1, 0.15) is 0 Å². The molecule has 2 heterocycles.